The highest BCUT2D eigenvalue weighted by molar-refractivity contribution is 6.23. The van der Waals surface area contributed by atoms with Gasteiger partial charge in [0.2, 0.25) is 0 Å². The molecule has 28 heavy (non-hydrogen) atoms. The minimum absolute atomic E-state index is 0.0923. The lowest BCUT2D eigenvalue weighted by Gasteiger charge is -2.42. The van der Waals surface area contributed by atoms with Gasteiger partial charge in [-0.2, -0.15) is 0 Å². The van der Waals surface area contributed by atoms with Gasteiger partial charge in [0.05, 0.1) is 5.54 Å². The van der Waals surface area contributed by atoms with Gasteiger partial charge in [0.25, 0.3) is 5.91 Å². The topological polar surface area (TPSA) is 32.3 Å². The lowest BCUT2D eigenvalue weighted by atomic mass is 9.75. The molecule has 1 N–H and O–H groups in total. The molecule has 0 unspecified atom stereocenters. The first kappa shape index (κ1) is 18.9. The molecule has 146 valence electrons. The van der Waals surface area contributed by atoms with E-state index >= 15 is 0 Å². The third-order valence-electron chi connectivity index (χ3n) is 6.54. The van der Waals surface area contributed by atoms with E-state index < -0.39 is 0 Å². The zero-order valence-corrected chi connectivity index (χ0v) is 17.0. The van der Waals surface area contributed by atoms with Crippen molar-refractivity contribution in [2.24, 2.45) is 0 Å². The van der Waals surface area contributed by atoms with Crippen molar-refractivity contribution in [3.05, 3.63) is 65.7 Å². The van der Waals surface area contributed by atoms with Crippen LogP contribution in [0.2, 0.25) is 0 Å². The molecule has 2 aliphatic rings. The van der Waals surface area contributed by atoms with Crippen LogP contribution in [0.15, 0.2) is 60.2 Å². The van der Waals surface area contributed by atoms with Gasteiger partial charge < -0.3 is 10.2 Å². The van der Waals surface area contributed by atoms with E-state index in [1.165, 1.54) is 36.0 Å². The molecular weight excluding hydrogens is 344 g/mol. The molecule has 2 aromatic carbocycles. The zero-order chi connectivity index (χ0) is 19.6. The number of amides is 1. The Labute approximate surface area is 168 Å². The van der Waals surface area contributed by atoms with Crippen LogP contribution in [0.4, 0.5) is 0 Å². The summed E-state index contributed by atoms with van der Waals surface area (Å²) in [7, 11) is 2.00. The van der Waals surface area contributed by atoms with E-state index in [1.807, 2.05) is 18.0 Å². The van der Waals surface area contributed by atoms with Crippen LogP contribution in [0, 0.1) is 0 Å². The third-order valence-corrected chi connectivity index (χ3v) is 6.54. The average molecular weight is 375 g/mol. The highest BCUT2D eigenvalue weighted by atomic mass is 16.2. The van der Waals surface area contributed by atoms with Crippen molar-refractivity contribution in [3.8, 4) is 11.1 Å². The van der Waals surface area contributed by atoms with E-state index in [-0.39, 0.29) is 11.4 Å². The minimum atomic E-state index is -0.0923. The van der Waals surface area contributed by atoms with Crippen molar-refractivity contribution in [1.29, 1.82) is 0 Å². The van der Waals surface area contributed by atoms with Gasteiger partial charge >= 0.3 is 0 Å². The number of carbonyl (C=O) groups excluding carboxylic acids is 1. The monoisotopic (exact) mass is 374 g/mol. The second-order valence-corrected chi connectivity index (χ2v) is 8.03. The molecule has 3 heteroatoms. The maximum Gasteiger partial charge on any atom is 0.255 e. The Bertz CT molecular complexity index is 861. The maximum atomic E-state index is 13.3. The van der Waals surface area contributed by atoms with Crippen LogP contribution in [0.5, 0.6) is 0 Å². The first-order valence-electron chi connectivity index (χ1n) is 10.6. The number of hydrogen-bond acceptors (Lipinski definition) is 2. The molecular formula is C25H30N2O. The first-order valence-corrected chi connectivity index (χ1v) is 10.6. The van der Waals surface area contributed by atoms with Gasteiger partial charge in [-0.05, 0) is 41.6 Å². The van der Waals surface area contributed by atoms with E-state index in [0.29, 0.717) is 0 Å². The Hall–Kier alpha value is -2.39. The number of rotatable bonds is 5. The van der Waals surface area contributed by atoms with E-state index in [2.05, 4.69) is 60.8 Å². The average Bonchev–Trinajstić information content (AvgIpc) is 2.95. The Morgan fingerprint density at radius 3 is 2.14 bits per heavy atom. The molecule has 1 saturated carbocycles. The standard InChI is InChI=1S/C25H30N2O/c1-3-26-18-22-23(24(28)27(2)25(22)16-8-5-9-17-25)21-14-12-20(13-15-21)19-10-6-4-7-11-19/h4,6-7,10-15,26H,3,5,8-9,16-18H2,1-2H3. The summed E-state index contributed by atoms with van der Waals surface area (Å²) in [5.41, 5.74) is 5.56. The number of likely N-dealkylation sites (N-methyl/N-ethyl adjacent to an activating group) is 2. The van der Waals surface area contributed by atoms with Gasteiger partial charge in [0.1, 0.15) is 0 Å². The van der Waals surface area contributed by atoms with E-state index in [9.17, 15) is 4.79 Å². The molecule has 1 aliphatic carbocycles. The van der Waals surface area contributed by atoms with Gasteiger partial charge in [-0.15, -0.1) is 0 Å². The Balaban J connectivity index is 1.76. The van der Waals surface area contributed by atoms with Gasteiger partial charge in [-0.3, -0.25) is 4.79 Å². The summed E-state index contributed by atoms with van der Waals surface area (Å²) in [5.74, 6) is 0.183. The van der Waals surface area contributed by atoms with Gasteiger partial charge in [0.15, 0.2) is 0 Å². The summed E-state index contributed by atoms with van der Waals surface area (Å²) in [6, 6.07) is 18.9. The SMILES string of the molecule is CCNCC1=C(c2ccc(-c3ccccc3)cc2)C(=O)N(C)C12CCCCC2. The summed E-state index contributed by atoms with van der Waals surface area (Å²) in [4.78, 5) is 15.4. The molecule has 1 fully saturated rings. The van der Waals surface area contributed by atoms with Crippen molar-refractivity contribution in [2.45, 2.75) is 44.6 Å². The minimum Gasteiger partial charge on any atom is -0.332 e. The molecule has 2 aromatic rings. The number of hydrogen-bond donors (Lipinski definition) is 1. The normalized spacial score (nSPS) is 18.9. The first-order chi connectivity index (χ1) is 13.7. The molecule has 0 atom stereocenters. The van der Waals surface area contributed by atoms with Crippen molar-refractivity contribution >= 4 is 11.5 Å². The van der Waals surface area contributed by atoms with Crippen LogP contribution in [0.25, 0.3) is 16.7 Å². The van der Waals surface area contributed by atoms with E-state index in [1.54, 1.807) is 0 Å². The van der Waals surface area contributed by atoms with Gasteiger partial charge in [0, 0.05) is 19.2 Å². The fraction of sp³-hybridized carbons (Fsp3) is 0.400. The highest BCUT2D eigenvalue weighted by Gasteiger charge is 2.49. The molecule has 0 saturated heterocycles. The largest absolute Gasteiger partial charge is 0.332 e. The van der Waals surface area contributed by atoms with Gasteiger partial charge in [-0.25, -0.2) is 0 Å². The van der Waals surface area contributed by atoms with Gasteiger partial charge in [-0.1, -0.05) is 80.8 Å². The van der Waals surface area contributed by atoms with Crippen LogP contribution in [0.1, 0.15) is 44.6 Å². The molecule has 1 aliphatic heterocycles. The molecule has 1 heterocycles. The Kier molecular flexibility index (Phi) is 5.36. The lowest BCUT2D eigenvalue weighted by molar-refractivity contribution is -0.127. The van der Waals surface area contributed by atoms with Crippen molar-refractivity contribution < 1.29 is 4.79 Å². The van der Waals surface area contributed by atoms with Crippen molar-refractivity contribution in [1.82, 2.24) is 10.2 Å². The second kappa shape index (κ2) is 7.92. The zero-order valence-electron chi connectivity index (χ0n) is 17.0. The summed E-state index contributed by atoms with van der Waals surface area (Å²) in [5, 5.41) is 3.50. The third kappa shape index (κ3) is 3.18. The lowest BCUT2D eigenvalue weighted by Crippen LogP contribution is -2.48. The van der Waals surface area contributed by atoms with E-state index in [4.69, 9.17) is 0 Å². The number of nitrogens with one attached hydrogen (secondary N) is 1. The Morgan fingerprint density at radius 1 is 0.893 bits per heavy atom. The molecule has 1 amide bonds. The summed E-state index contributed by atoms with van der Waals surface area (Å²) in [6.45, 7) is 3.84. The summed E-state index contributed by atoms with van der Waals surface area (Å²) in [6.07, 6.45) is 5.85. The van der Waals surface area contributed by atoms with Crippen molar-refractivity contribution in [2.75, 3.05) is 20.1 Å². The van der Waals surface area contributed by atoms with E-state index in [0.717, 1.165) is 37.1 Å². The molecule has 3 nitrogen and oxygen atoms in total. The highest BCUT2D eigenvalue weighted by Crippen LogP contribution is 2.47. The second-order valence-electron chi connectivity index (χ2n) is 8.03. The quantitative estimate of drug-likeness (QED) is 0.808. The molecule has 0 aromatic heterocycles. The molecule has 1 spiro atoms. The smallest absolute Gasteiger partial charge is 0.255 e. The van der Waals surface area contributed by atoms with Crippen LogP contribution in [-0.4, -0.2) is 36.5 Å². The van der Waals surface area contributed by atoms with Crippen LogP contribution < -0.4 is 5.32 Å². The van der Waals surface area contributed by atoms with Crippen LogP contribution in [0.3, 0.4) is 0 Å². The molecule has 4 rings (SSSR count). The predicted octanol–water partition coefficient (Wildman–Crippen LogP) is 4.89. The number of carbonyl (C=O) groups is 1. The van der Waals surface area contributed by atoms with Crippen LogP contribution >= 0.6 is 0 Å². The number of benzene rings is 2. The molecule has 0 bridgehead atoms. The molecule has 0 radical (unpaired) electrons. The van der Waals surface area contributed by atoms with Crippen LogP contribution in [-0.2, 0) is 4.79 Å². The number of nitrogens with zero attached hydrogens (tertiary/aromatic N) is 1. The Morgan fingerprint density at radius 2 is 1.50 bits per heavy atom. The fourth-order valence-electron chi connectivity index (χ4n) is 4.96. The fourth-order valence-corrected chi connectivity index (χ4v) is 4.96. The summed E-state index contributed by atoms with van der Waals surface area (Å²) < 4.78 is 0. The maximum absolute atomic E-state index is 13.3. The predicted molar refractivity (Wildman–Crippen MR) is 116 cm³/mol. The van der Waals surface area contributed by atoms with Crippen molar-refractivity contribution in [3.63, 3.8) is 0 Å². The summed E-state index contributed by atoms with van der Waals surface area (Å²) >= 11 is 0.